The van der Waals surface area contributed by atoms with Gasteiger partial charge >= 0.3 is 5.97 Å². The molecule has 0 aliphatic heterocycles. The van der Waals surface area contributed by atoms with Gasteiger partial charge in [-0.2, -0.15) is 0 Å². The minimum atomic E-state index is -0.288. The van der Waals surface area contributed by atoms with Crippen molar-refractivity contribution >= 4 is 5.97 Å². The van der Waals surface area contributed by atoms with Crippen molar-refractivity contribution in [1.82, 2.24) is 10.2 Å². The second-order valence-corrected chi connectivity index (χ2v) is 3.84. The molecule has 16 heavy (non-hydrogen) atoms. The Balaban J connectivity index is 4.14. The van der Waals surface area contributed by atoms with Crippen molar-refractivity contribution in [1.29, 1.82) is 0 Å². The second-order valence-electron chi connectivity index (χ2n) is 3.84. The lowest BCUT2D eigenvalue weighted by Gasteiger charge is -2.27. The van der Waals surface area contributed by atoms with E-state index >= 15 is 0 Å². The molecule has 96 valence electrons. The Morgan fingerprint density at radius 3 is 2.56 bits per heavy atom. The molecule has 5 heteroatoms. The zero-order valence-electron chi connectivity index (χ0n) is 10.9. The summed E-state index contributed by atoms with van der Waals surface area (Å²) in [6, 6.07) is -0.0143. The molecule has 0 aromatic carbocycles. The lowest BCUT2D eigenvalue weighted by Crippen LogP contribution is -2.47. The third kappa shape index (κ3) is 5.44. The lowest BCUT2D eigenvalue weighted by atomic mass is 10.2. The average Bonchev–Trinajstić information content (AvgIpc) is 2.26. The van der Waals surface area contributed by atoms with E-state index in [-0.39, 0.29) is 18.1 Å². The Bertz CT molecular complexity index is 200. The number of rotatable bonds is 8. The molecule has 2 atom stereocenters. The molecule has 0 aliphatic rings. The van der Waals surface area contributed by atoms with Crippen molar-refractivity contribution in [2.24, 2.45) is 0 Å². The molecule has 5 nitrogen and oxygen atoms in total. The molecule has 1 N–H and O–H groups in total. The fraction of sp³-hybridized carbons (Fsp3) is 0.909. The van der Waals surface area contributed by atoms with Gasteiger partial charge in [0.15, 0.2) is 0 Å². The molecule has 0 aliphatic carbocycles. The molecule has 0 heterocycles. The average molecular weight is 232 g/mol. The minimum absolute atomic E-state index is 0.207. The molecular weight excluding hydrogens is 208 g/mol. The van der Waals surface area contributed by atoms with Gasteiger partial charge in [-0.1, -0.05) is 0 Å². The van der Waals surface area contributed by atoms with Crippen LogP contribution in [0.25, 0.3) is 0 Å². The molecule has 0 spiro atoms. The van der Waals surface area contributed by atoms with E-state index in [1.165, 1.54) is 0 Å². The minimum Gasteiger partial charge on any atom is -0.465 e. The Morgan fingerprint density at radius 1 is 1.50 bits per heavy atom. The highest BCUT2D eigenvalue weighted by molar-refractivity contribution is 5.76. The van der Waals surface area contributed by atoms with Gasteiger partial charge in [0.1, 0.15) is 6.04 Å². The number of likely N-dealkylation sites (N-methyl/N-ethyl adjacent to an activating group) is 2. The molecule has 0 amide bonds. The Hall–Kier alpha value is -0.650. The van der Waals surface area contributed by atoms with Gasteiger partial charge in [0, 0.05) is 19.7 Å². The van der Waals surface area contributed by atoms with Gasteiger partial charge in [-0.25, -0.2) is 0 Å². The highest BCUT2D eigenvalue weighted by atomic mass is 16.5. The summed E-state index contributed by atoms with van der Waals surface area (Å²) in [5.74, 6) is -0.207. The first-order valence-electron chi connectivity index (χ1n) is 5.59. The van der Waals surface area contributed by atoms with E-state index in [2.05, 4.69) is 17.1 Å². The number of nitrogens with zero attached hydrogens (tertiary/aromatic N) is 1. The number of carbonyl (C=O) groups excluding carboxylic acids is 1. The van der Waals surface area contributed by atoms with E-state index < -0.39 is 0 Å². The number of hydrogen-bond acceptors (Lipinski definition) is 5. The van der Waals surface area contributed by atoms with Gasteiger partial charge in [0.2, 0.25) is 0 Å². The van der Waals surface area contributed by atoms with E-state index in [0.29, 0.717) is 19.8 Å². The predicted octanol–water partition coefficient (Wildman–Crippen LogP) is 0.104. The van der Waals surface area contributed by atoms with E-state index in [9.17, 15) is 4.79 Å². The van der Waals surface area contributed by atoms with Crippen LogP contribution in [0, 0.1) is 0 Å². The topological polar surface area (TPSA) is 50.8 Å². The molecule has 0 aromatic heterocycles. The molecule has 0 bridgehead atoms. The third-order valence-electron chi connectivity index (χ3n) is 2.55. The summed E-state index contributed by atoms with van der Waals surface area (Å²) in [5, 5.41) is 2.96. The monoisotopic (exact) mass is 232 g/mol. The summed E-state index contributed by atoms with van der Waals surface area (Å²) in [7, 11) is 5.40. The van der Waals surface area contributed by atoms with Crippen LogP contribution in [0.15, 0.2) is 0 Å². The first-order chi connectivity index (χ1) is 7.56. The molecule has 2 unspecified atom stereocenters. The summed E-state index contributed by atoms with van der Waals surface area (Å²) in [5.41, 5.74) is 0. The summed E-state index contributed by atoms with van der Waals surface area (Å²) < 4.78 is 10.0. The first kappa shape index (κ1) is 15.3. The molecule has 0 rings (SSSR count). The van der Waals surface area contributed by atoms with Crippen LogP contribution in [0.3, 0.4) is 0 Å². The summed E-state index contributed by atoms with van der Waals surface area (Å²) in [4.78, 5) is 13.6. The van der Waals surface area contributed by atoms with Crippen LogP contribution in [0.2, 0.25) is 0 Å². The Kier molecular flexibility index (Phi) is 8.15. The van der Waals surface area contributed by atoms with Crippen molar-refractivity contribution in [3.63, 3.8) is 0 Å². The van der Waals surface area contributed by atoms with Gasteiger partial charge in [-0.05, 0) is 27.9 Å². The van der Waals surface area contributed by atoms with Crippen LogP contribution in [-0.2, 0) is 14.3 Å². The van der Waals surface area contributed by atoms with Crippen molar-refractivity contribution < 1.29 is 14.3 Å². The van der Waals surface area contributed by atoms with E-state index in [1.54, 1.807) is 14.2 Å². The second kappa shape index (κ2) is 8.50. The number of carbonyl (C=O) groups is 1. The van der Waals surface area contributed by atoms with Gasteiger partial charge < -0.3 is 14.8 Å². The van der Waals surface area contributed by atoms with Crippen LogP contribution in [0.5, 0.6) is 0 Å². The number of hydrogen-bond donors (Lipinski definition) is 1. The predicted molar refractivity (Wildman–Crippen MR) is 63.4 cm³/mol. The van der Waals surface area contributed by atoms with Gasteiger partial charge in [0.25, 0.3) is 0 Å². The first-order valence-corrected chi connectivity index (χ1v) is 5.59. The third-order valence-corrected chi connectivity index (χ3v) is 2.55. The van der Waals surface area contributed by atoms with Gasteiger partial charge in [-0.3, -0.25) is 9.69 Å². The van der Waals surface area contributed by atoms with E-state index in [1.807, 2.05) is 14.0 Å². The molecular formula is C11H24N2O3. The summed E-state index contributed by atoms with van der Waals surface area (Å²) in [6.07, 6.45) is 0. The molecule has 0 radical (unpaired) electrons. The van der Waals surface area contributed by atoms with Gasteiger partial charge in [-0.15, -0.1) is 0 Å². The molecule has 0 saturated heterocycles. The number of esters is 1. The zero-order chi connectivity index (χ0) is 12.6. The van der Waals surface area contributed by atoms with E-state index in [4.69, 9.17) is 9.47 Å². The standard InChI is InChI=1S/C11H24N2O3/c1-6-16-11(14)10(12-3)7-13(4)9(2)8-15-5/h9-10,12H,6-8H2,1-5H3. The Morgan fingerprint density at radius 2 is 2.12 bits per heavy atom. The van der Waals surface area contributed by atoms with Crippen molar-refractivity contribution in [2.75, 3.05) is 41.0 Å². The van der Waals surface area contributed by atoms with Gasteiger partial charge in [0.05, 0.1) is 13.2 Å². The molecule has 0 fully saturated rings. The van der Waals surface area contributed by atoms with Crippen molar-refractivity contribution in [2.45, 2.75) is 25.9 Å². The SMILES string of the molecule is CCOC(=O)C(CN(C)C(C)COC)NC. The van der Waals surface area contributed by atoms with Crippen molar-refractivity contribution in [3.8, 4) is 0 Å². The fourth-order valence-corrected chi connectivity index (χ4v) is 1.36. The molecule has 0 saturated carbocycles. The summed E-state index contributed by atoms with van der Waals surface area (Å²) >= 11 is 0. The van der Waals surface area contributed by atoms with Crippen LogP contribution >= 0.6 is 0 Å². The zero-order valence-corrected chi connectivity index (χ0v) is 10.9. The summed E-state index contributed by atoms with van der Waals surface area (Å²) in [6.45, 7) is 5.53. The van der Waals surface area contributed by atoms with Crippen LogP contribution in [0.4, 0.5) is 0 Å². The quantitative estimate of drug-likeness (QED) is 0.602. The van der Waals surface area contributed by atoms with Crippen LogP contribution in [-0.4, -0.2) is 63.9 Å². The highest BCUT2D eigenvalue weighted by Crippen LogP contribution is 1.99. The maximum atomic E-state index is 11.5. The maximum Gasteiger partial charge on any atom is 0.324 e. The number of nitrogens with one attached hydrogen (secondary N) is 1. The fourth-order valence-electron chi connectivity index (χ4n) is 1.36. The Labute approximate surface area is 98.1 Å². The number of methoxy groups -OCH3 is 1. The van der Waals surface area contributed by atoms with E-state index in [0.717, 1.165) is 0 Å². The largest absolute Gasteiger partial charge is 0.465 e. The lowest BCUT2D eigenvalue weighted by molar-refractivity contribution is -0.146. The molecule has 0 aromatic rings. The maximum absolute atomic E-state index is 11.5. The van der Waals surface area contributed by atoms with Crippen LogP contribution in [0.1, 0.15) is 13.8 Å². The smallest absolute Gasteiger partial charge is 0.324 e. The normalized spacial score (nSPS) is 14.9. The number of ether oxygens (including phenoxy) is 2. The highest BCUT2D eigenvalue weighted by Gasteiger charge is 2.21. The van der Waals surface area contributed by atoms with Crippen molar-refractivity contribution in [3.05, 3.63) is 0 Å². The van der Waals surface area contributed by atoms with Crippen LogP contribution < -0.4 is 5.32 Å².